The fourth-order valence-electron chi connectivity index (χ4n) is 2.18. The van der Waals surface area contributed by atoms with Gasteiger partial charge in [-0.3, -0.25) is 4.98 Å². The summed E-state index contributed by atoms with van der Waals surface area (Å²) in [4.78, 5) is 4.57. The van der Waals surface area contributed by atoms with Crippen LogP contribution in [-0.2, 0) is 15.7 Å². The van der Waals surface area contributed by atoms with Gasteiger partial charge in [-0.2, -0.15) is 0 Å². The van der Waals surface area contributed by atoms with Crippen molar-refractivity contribution >= 4 is 13.2 Å². The third-order valence-electron chi connectivity index (χ3n) is 4.06. The second-order valence-electron chi connectivity index (χ2n) is 6.72. The first-order valence-electron chi connectivity index (χ1n) is 7.45. The molecule has 5 heteroatoms. The summed E-state index contributed by atoms with van der Waals surface area (Å²) in [5.74, 6) is 1.91. The molecule has 1 atom stereocenters. The predicted molar refractivity (Wildman–Crippen MR) is 86.7 cm³/mol. The van der Waals surface area contributed by atoms with Gasteiger partial charge >= 0.3 is 7.12 Å². The highest BCUT2D eigenvalue weighted by atomic mass is 16.7. The van der Waals surface area contributed by atoms with Crippen molar-refractivity contribution in [2.45, 2.75) is 58.3 Å². The van der Waals surface area contributed by atoms with E-state index in [4.69, 9.17) is 15.0 Å². The fourth-order valence-corrected chi connectivity index (χ4v) is 2.18. The van der Waals surface area contributed by atoms with E-state index >= 15 is 0 Å². The summed E-state index contributed by atoms with van der Waals surface area (Å²) < 4.78 is 11.8. The Morgan fingerprint density at radius 2 is 1.86 bits per heavy atom. The molecule has 2 heterocycles. The summed E-state index contributed by atoms with van der Waals surface area (Å²) in [5, 5.41) is 0. The molecule has 1 aromatic rings. The Kier molecular flexibility index (Phi) is 4.56. The largest absolute Gasteiger partial charge is 0.487 e. The minimum absolute atomic E-state index is 0.111. The molecule has 1 fully saturated rings. The molecule has 0 aliphatic carbocycles. The van der Waals surface area contributed by atoms with Crippen LogP contribution in [0.5, 0.6) is 0 Å². The Labute approximate surface area is 127 Å². The quantitative estimate of drug-likeness (QED) is 0.865. The molecule has 4 nitrogen and oxygen atoms in total. The van der Waals surface area contributed by atoms with Crippen molar-refractivity contribution in [3.63, 3.8) is 0 Å². The minimum atomic E-state index is -0.339. The lowest BCUT2D eigenvalue weighted by molar-refractivity contribution is 0.00578. The normalized spacial score (nSPS) is 21.9. The molecule has 21 heavy (non-hydrogen) atoms. The molecular formula is C16H25BN2O2. The van der Waals surface area contributed by atoms with Crippen molar-refractivity contribution in [3.05, 3.63) is 35.6 Å². The first kappa shape index (κ1) is 16.2. The van der Waals surface area contributed by atoms with E-state index in [0.717, 1.165) is 17.8 Å². The van der Waals surface area contributed by atoms with Gasteiger partial charge in [-0.05, 0) is 52.8 Å². The van der Waals surface area contributed by atoms with Crippen LogP contribution >= 0.6 is 0 Å². The SMILES string of the molecule is CC(N)Cc1cccc(/C=C/B2OC(C)(C)C(C)(C)O2)n1. The summed E-state index contributed by atoms with van der Waals surface area (Å²) in [6.07, 6.45) is 2.71. The Balaban J connectivity index is 2.05. The van der Waals surface area contributed by atoms with E-state index in [1.54, 1.807) is 0 Å². The zero-order valence-corrected chi connectivity index (χ0v) is 13.6. The molecule has 1 aliphatic heterocycles. The molecule has 0 amide bonds. The van der Waals surface area contributed by atoms with E-state index in [0.29, 0.717) is 0 Å². The van der Waals surface area contributed by atoms with Crippen molar-refractivity contribution in [3.8, 4) is 0 Å². The zero-order valence-electron chi connectivity index (χ0n) is 13.6. The van der Waals surface area contributed by atoms with Crippen LogP contribution in [0.4, 0.5) is 0 Å². The smallest absolute Gasteiger partial charge is 0.400 e. The Bertz CT molecular complexity index is 511. The lowest BCUT2D eigenvalue weighted by atomic mass is 9.89. The van der Waals surface area contributed by atoms with Gasteiger partial charge in [0.05, 0.1) is 16.9 Å². The highest BCUT2D eigenvalue weighted by Gasteiger charge is 2.49. The average Bonchev–Trinajstić information content (AvgIpc) is 2.55. The molecule has 0 saturated carbocycles. The summed E-state index contributed by atoms with van der Waals surface area (Å²) in [6.45, 7) is 10.2. The van der Waals surface area contributed by atoms with Gasteiger partial charge in [0, 0.05) is 18.2 Å². The lowest BCUT2D eigenvalue weighted by Crippen LogP contribution is -2.41. The maximum Gasteiger partial charge on any atom is 0.487 e. The van der Waals surface area contributed by atoms with Crippen LogP contribution < -0.4 is 5.73 Å². The number of nitrogens with zero attached hydrogens (tertiary/aromatic N) is 1. The van der Waals surface area contributed by atoms with E-state index in [1.807, 2.05) is 64.9 Å². The molecular weight excluding hydrogens is 263 g/mol. The van der Waals surface area contributed by atoms with Gasteiger partial charge in [0.15, 0.2) is 0 Å². The number of rotatable bonds is 4. The highest BCUT2D eigenvalue weighted by Crippen LogP contribution is 2.36. The molecule has 0 radical (unpaired) electrons. The van der Waals surface area contributed by atoms with Crippen molar-refractivity contribution < 1.29 is 9.31 Å². The summed E-state index contributed by atoms with van der Waals surface area (Å²) >= 11 is 0. The van der Waals surface area contributed by atoms with Crippen LogP contribution in [0, 0.1) is 0 Å². The topological polar surface area (TPSA) is 57.4 Å². The van der Waals surface area contributed by atoms with Gasteiger partial charge in [0.1, 0.15) is 0 Å². The monoisotopic (exact) mass is 288 g/mol. The van der Waals surface area contributed by atoms with Gasteiger partial charge < -0.3 is 15.0 Å². The van der Waals surface area contributed by atoms with E-state index < -0.39 is 0 Å². The molecule has 114 valence electrons. The number of hydrogen-bond acceptors (Lipinski definition) is 4. The molecule has 1 aromatic heterocycles. The predicted octanol–water partition coefficient (Wildman–Crippen LogP) is 2.62. The standard InChI is InChI=1S/C16H25BN2O2/c1-12(18)11-14-8-6-7-13(19-14)9-10-17-20-15(2,3)16(4,5)21-17/h6-10,12H,11,18H2,1-5H3/b10-9+. The Hall–Kier alpha value is -1.17. The fraction of sp³-hybridized carbons (Fsp3) is 0.562. The minimum Gasteiger partial charge on any atom is -0.400 e. The van der Waals surface area contributed by atoms with E-state index in [1.165, 1.54) is 0 Å². The van der Waals surface area contributed by atoms with Gasteiger partial charge in [-0.15, -0.1) is 0 Å². The highest BCUT2D eigenvalue weighted by molar-refractivity contribution is 6.52. The Morgan fingerprint density at radius 3 is 2.43 bits per heavy atom. The number of aromatic nitrogens is 1. The van der Waals surface area contributed by atoms with E-state index in [9.17, 15) is 0 Å². The van der Waals surface area contributed by atoms with E-state index in [-0.39, 0.29) is 24.4 Å². The maximum absolute atomic E-state index is 5.92. The maximum atomic E-state index is 5.92. The van der Waals surface area contributed by atoms with Gasteiger partial charge in [0.25, 0.3) is 0 Å². The lowest BCUT2D eigenvalue weighted by Gasteiger charge is -2.32. The van der Waals surface area contributed by atoms with Crippen molar-refractivity contribution in [2.24, 2.45) is 5.73 Å². The van der Waals surface area contributed by atoms with Gasteiger partial charge in [-0.1, -0.05) is 12.0 Å². The molecule has 0 bridgehead atoms. The molecule has 1 aliphatic rings. The van der Waals surface area contributed by atoms with Gasteiger partial charge in [0.2, 0.25) is 0 Å². The molecule has 2 N–H and O–H groups in total. The molecule has 2 rings (SSSR count). The third-order valence-corrected chi connectivity index (χ3v) is 4.06. The zero-order chi connectivity index (χ0) is 15.7. The first-order chi connectivity index (χ1) is 9.69. The number of hydrogen-bond donors (Lipinski definition) is 1. The second-order valence-corrected chi connectivity index (χ2v) is 6.72. The van der Waals surface area contributed by atoms with Crippen LogP contribution in [0.25, 0.3) is 6.08 Å². The number of pyridine rings is 1. The second kappa shape index (κ2) is 5.91. The van der Waals surface area contributed by atoms with Crippen LogP contribution in [0.3, 0.4) is 0 Å². The molecule has 1 unspecified atom stereocenters. The summed E-state index contributed by atoms with van der Waals surface area (Å²) in [5.41, 5.74) is 7.08. The average molecular weight is 288 g/mol. The van der Waals surface area contributed by atoms with Gasteiger partial charge in [-0.25, -0.2) is 0 Å². The summed E-state index contributed by atoms with van der Waals surface area (Å²) in [6, 6.07) is 6.07. The van der Waals surface area contributed by atoms with Crippen molar-refractivity contribution in [1.29, 1.82) is 0 Å². The Morgan fingerprint density at radius 1 is 1.24 bits per heavy atom. The third kappa shape index (κ3) is 3.93. The molecule has 0 aromatic carbocycles. The first-order valence-corrected chi connectivity index (χ1v) is 7.45. The number of nitrogens with two attached hydrogens (primary N) is 1. The van der Waals surface area contributed by atoms with Crippen LogP contribution in [0.1, 0.15) is 46.0 Å². The van der Waals surface area contributed by atoms with Crippen molar-refractivity contribution in [1.82, 2.24) is 4.98 Å². The molecule has 1 saturated heterocycles. The van der Waals surface area contributed by atoms with Crippen LogP contribution in [-0.4, -0.2) is 29.3 Å². The summed E-state index contributed by atoms with van der Waals surface area (Å²) in [7, 11) is -0.339. The van der Waals surface area contributed by atoms with Crippen LogP contribution in [0.15, 0.2) is 24.2 Å². The molecule has 0 spiro atoms. The van der Waals surface area contributed by atoms with E-state index in [2.05, 4.69) is 4.98 Å². The van der Waals surface area contributed by atoms with Crippen molar-refractivity contribution in [2.75, 3.05) is 0 Å². The van der Waals surface area contributed by atoms with Crippen LogP contribution in [0.2, 0.25) is 0 Å².